The molecule has 7 nitrogen and oxygen atoms in total. The van der Waals surface area contributed by atoms with E-state index in [0.717, 1.165) is 0 Å². The minimum absolute atomic E-state index is 0.0108. The second kappa shape index (κ2) is 8.39. The molecule has 0 bridgehead atoms. The molecule has 0 aliphatic rings. The number of carboxylic acid groups (broad SMARTS) is 1. The van der Waals surface area contributed by atoms with Gasteiger partial charge >= 0.3 is 5.97 Å². The number of benzene rings is 1. The van der Waals surface area contributed by atoms with E-state index in [1.54, 1.807) is 13.8 Å². The molecule has 0 radical (unpaired) electrons. The molecule has 0 unspecified atom stereocenters. The summed E-state index contributed by atoms with van der Waals surface area (Å²) in [7, 11) is 0. The van der Waals surface area contributed by atoms with Gasteiger partial charge in [0, 0.05) is 11.7 Å². The Morgan fingerprint density at radius 1 is 1.15 bits per heavy atom. The molecule has 27 heavy (non-hydrogen) atoms. The van der Waals surface area contributed by atoms with Crippen LogP contribution in [0.15, 0.2) is 36.4 Å². The van der Waals surface area contributed by atoms with E-state index < -0.39 is 23.6 Å². The maximum Gasteiger partial charge on any atom is 0.337 e. The smallest absolute Gasteiger partial charge is 0.337 e. The third kappa shape index (κ3) is 5.10. The van der Waals surface area contributed by atoms with E-state index in [-0.39, 0.29) is 29.5 Å². The monoisotopic (exact) mass is 373 g/mol. The van der Waals surface area contributed by atoms with Gasteiger partial charge in [-0.15, -0.1) is 0 Å². The van der Waals surface area contributed by atoms with Crippen LogP contribution in [-0.2, 0) is 4.79 Å². The molecule has 0 saturated carbocycles. The minimum Gasteiger partial charge on any atom is -0.478 e. The van der Waals surface area contributed by atoms with Gasteiger partial charge in [-0.2, -0.15) is 0 Å². The van der Waals surface area contributed by atoms with Gasteiger partial charge in [-0.3, -0.25) is 9.59 Å². The Kier molecular flexibility index (Phi) is 6.23. The number of pyridine rings is 1. The van der Waals surface area contributed by atoms with E-state index in [1.807, 2.05) is 0 Å². The molecule has 2 N–H and O–H groups in total. The fraction of sp³-hybridized carbons (Fsp3) is 0.263. The highest BCUT2D eigenvalue weighted by molar-refractivity contribution is 5.99. The van der Waals surface area contributed by atoms with Gasteiger partial charge in [0.1, 0.15) is 18.1 Å². The molecule has 8 heteroatoms. The number of hydrogen-bond acceptors (Lipinski definition) is 4. The number of hydrogen-bond donors (Lipinski definition) is 2. The second-order valence-corrected chi connectivity index (χ2v) is 6.22. The van der Waals surface area contributed by atoms with Crippen LogP contribution in [0.3, 0.4) is 0 Å². The number of carbonyl (C=O) groups excluding carboxylic acids is 2. The first kappa shape index (κ1) is 20.0. The Morgan fingerprint density at radius 3 is 2.30 bits per heavy atom. The summed E-state index contributed by atoms with van der Waals surface area (Å²) < 4.78 is 12.9. The molecule has 0 spiro atoms. The topological polar surface area (TPSA) is 99.6 Å². The number of carboxylic acids is 1. The van der Waals surface area contributed by atoms with Crippen LogP contribution >= 0.6 is 0 Å². The number of aromatic nitrogens is 1. The molecule has 2 aromatic rings. The predicted octanol–water partition coefficient (Wildman–Crippen LogP) is 2.72. The van der Waals surface area contributed by atoms with E-state index in [9.17, 15) is 18.8 Å². The number of amides is 2. The first-order chi connectivity index (χ1) is 12.7. The molecule has 0 fully saturated rings. The van der Waals surface area contributed by atoms with Gasteiger partial charge in [0.2, 0.25) is 5.91 Å². The first-order valence-corrected chi connectivity index (χ1v) is 8.26. The number of rotatable bonds is 6. The van der Waals surface area contributed by atoms with E-state index in [0.29, 0.717) is 5.69 Å². The Morgan fingerprint density at radius 2 is 1.78 bits per heavy atom. The maximum atomic E-state index is 12.9. The van der Waals surface area contributed by atoms with Crippen molar-refractivity contribution in [2.24, 2.45) is 0 Å². The fourth-order valence-corrected chi connectivity index (χ4v) is 2.43. The first-order valence-electron chi connectivity index (χ1n) is 8.26. The van der Waals surface area contributed by atoms with Crippen molar-refractivity contribution >= 4 is 23.5 Å². The van der Waals surface area contributed by atoms with Crippen molar-refractivity contribution in [3.05, 3.63) is 59.2 Å². The van der Waals surface area contributed by atoms with Crippen LogP contribution in [0.4, 0.5) is 10.1 Å². The average molecular weight is 373 g/mol. The van der Waals surface area contributed by atoms with Crippen LogP contribution in [0, 0.1) is 12.7 Å². The number of halogens is 1. The highest BCUT2D eigenvalue weighted by Crippen LogP contribution is 2.12. The zero-order chi connectivity index (χ0) is 20.1. The standard InChI is InChI=1S/C19H20FN3O4/c1-11(2)23(10-17(24)22-14-6-4-13(20)5-7-14)18(25)16-9-8-15(19(26)27)12(3)21-16/h4-9,11H,10H2,1-3H3,(H,22,24)(H,26,27). The van der Waals surface area contributed by atoms with E-state index in [4.69, 9.17) is 5.11 Å². The number of nitrogens with zero attached hydrogens (tertiary/aromatic N) is 2. The molecule has 1 aromatic carbocycles. The quantitative estimate of drug-likeness (QED) is 0.811. The molecule has 2 rings (SSSR count). The van der Waals surface area contributed by atoms with Crippen molar-refractivity contribution in [1.29, 1.82) is 0 Å². The van der Waals surface area contributed by atoms with Gasteiger partial charge in [0.25, 0.3) is 5.91 Å². The summed E-state index contributed by atoms with van der Waals surface area (Å²) in [6.45, 7) is 4.78. The lowest BCUT2D eigenvalue weighted by atomic mass is 10.1. The van der Waals surface area contributed by atoms with Gasteiger partial charge in [0.15, 0.2) is 0 Å². The third-order valence-electron chi connectivity index (χ3n) is 3.86. The number of carbonyl (C=O) groups is 3. The van der Waals surface area contributed by atoms with E-state index in [1.165, 1.54) is 48.2 Å². The van der Waals surface area contributed by atoms with Crippen LogP contribution in [0.5, 0.6) is 0 Å². The molecular formula is C19H20FN3O4. The van der Waals surface area contributed by atoms with Crippen molar-refractivity contribution in [1.82, 2.24) is 9.88 Å². The highest BCUT2D eigenvalue weighted by Gasteiger charge is 2.23. The molecule has 1 aromatic heterocycles. The van der Waals surface area contributed by atoms with Crippen molar-refractivity contribution < 1.29 is 23.9 Å². The number of nitrogens with one attached hydrogen (secondary N) is 1. The summed E-state index contributed by atoms with van der Waals surface area (Å²) >= 11 is 0. The zero-order valence-corrected chi connectivity index (χ0v) is 15.2. The Bertz CT molecular complexity index is 866. The predicted molar refractivity (Wildman–Crippen MR) is 97.1 cm³/mol. The average Bonchev–Trinajstić information content (AvgIpc) is 2.60. The van der Waals surface area contributed by atoms with Gasteiger partial charge in [-0.05, 0) is 57.2 Å². The van der Waals surface area contributed by atoms with Crippen molar-refractivity contribution in [2.75, 3.05) is 11.9 Å². The largest absolute Gasteiger partial charge is 0.478 e. The van der Waals surface area contributed by atoms with Gasteiger partial charge < -0.3 is 15.3 Å². The second-order valence-electron chi connectivity index (χ2n) is 6.22. The lowest BCUT2D eigenvalue weighted by Gasteiger charge is -2.26. The minimum atomic E-state index is -1.13. The molecule has 142 valence electrons. The van der Waals surface area contributed by atoms with Crippen LogP contribution in [0.1, 0.15) is 40.4 Å². The van der Waals surface area contributed by atoms with Crippen molar-refractivity contribution in [2.45, 2.75) is 26.8 Å². The highest BCUT2D eigenvalue weighted by atomic mass is 19.1. The van der Waals surface area contributed by atoms with E-state index in [2.05, 4.69) is 10.3 Å². The maximum absolute atomic E-state index is 12.9. The molecule has 0 atom stereocenters. The normalized spacial score (nSPS) is 10.6. The number of aryl methyl sites for hydroxylation is 1. The molecule has 1 heterocycles. The SMILES string of the molecule is Cc1nc(C(=O)N(CC(=O)Nc2ccc(F)cc2)C(C)C)ccc1C(=O)O. The Balaban J connectivity index is 2.15. The summed E-state index contributed by atoms with van der Waals surface area (Å²) in [4.78, 5) is 41.4. The lowest BCUT2D eigenvalue weighted by molar-refractivity contribution is -0.117. The van der Waals surface area contributed by atoms with Gasteiger partial charge in [0.05, 0.1) is 11.3 Å². The Labute approximate surface area is 155 Å². The zero-order valence-electron chi connectivity index (χ0n) is 15.2. The Hall–Kier alpha value is -3.29. The fourth-order valence-electron chi connectivity index (χ4n) is 2.43. The summed E-state index contributed by atoms with van der Waals surface area (Å²) in [6.07, 6.45) is 0. The third-order valence-corrected chi connectivity index (χ3v) is 3.86. The molecule has 0 saturated heterocycles. The molecule has 0 aliphatic heterocycles. The van der Waals surface area contributed by atoms with E-state index >= 15 is 0 Å². The summed E-state index contributed by atoms with van der Waals surface area (Å²) in [5.41, 5.74) is 0.697. The summed E-state index contributed by atoms with van der Waals surface area (Å²) in [5, 5.41) is 11.7. The van der Waals surface area contributed by atoms with Crippen LogP contribution in [-0.4, -0.2) is 45.4 Å². The van der Waals surface area contributed by atoms with Crippen molar-refractivity contribution in [3.63, 3.8) is 0 Å². The summed E-state index contributed by atoms with van der Waals surface area (Å²) in [5.74, 6) is -2.47. The molecular weight excluding hydrogens is 353 g/mol. The molecule has 0 aliphatic carbocycles. The van der Waals surface area contributed by atoms with Gasteiger partial charge in [-0.1, -0.05) is 0 Å². The van der Waals surface area contributed by atoms with Crippen LogP contribution < -0.4 is 5.32 Å². The summed E-state index contributed by atoms with van der Waals surface area (Å²) in [6, 6.07) is 7.63. The van der Waals surface area contributed by atoms with Crippen LogP contribution in [0.2, 0.25) is 0 Å². The number of anilines is 1. The van der Waals surface area contributed by atoms with Crippen LogP contribution in [0.25, 0.3) is 0 Å². The van der Waals surface area contributed by atoms with Gasteiger partial charge in [-0.25, -0.2) is 14.2 Å². The lowest BCUT2D eigenvalue weighted by Crippen LogP contribution is -2.42. The molecule has 2 amide bonds. The van der Waals surface area contributed by atoms with Crippen molar-refractivity contribution in [3.8, 4) is 0 Å². The number of aromatic carboxylic acids is 1.